The average Bonchev–Trinajstić information content (AvgIpc) is 3.61. The number of pyridine rings is 1. The molecule has 1 aliphatic rings. The lowest BCUT2D eigenvalue weighted by atomic mass is 10.1. The number of imidazole rings is 1. The number of rotatable bonds is 6. The summed E-state index contributed by atoms with van der Waals surface area (Å²) in [5.41, 5.74) is 6.97. The predicted molar refractivity (Wildman–Crippen MR) is 140 cm³/mol. The minimum absolute atomic E-state index is 0.0503. The molecule has 0 saturated carbocycles. The molecule has 9 nitrogen and oxygen atoms in total. The molecule has 0 amide bonds. The van der Waals surface area contributed by atoms with E-state index in [1.807, 2.05) is 12.1 Å². The van der Waals surface area contributed by atoms with Gasteiger partial charge in [-0.1, -0.05) is 22.8 Å². The number of likely N-dealkylation sites (tertiary alicyclic amines) is 1. The molecule has 0 unspecified atom stereocenters. The van der Waals surface area contributed by atoms with Crippen molar-refractivity contribution < 1.29 is 14.4 Å². The molecule has 5 heterocycles. The van der Waals surface area contributed by atoms with Crippen LogP contribution in [-0.2, 0) is 6.54 Å². The summed E-state index contributed by atoms with van der Waals surface area (Å²) in [6, 6.07) is 11.9. The van der Waals surface area contributed by atoms with Gasteiger partial charge in [-0.05, 0) is 64.0 Å². The van der Waals surface area contributed by atoms with E-state index >= 15 is 0 Å². The van der Waals surface area contributed by atoms with E-state index in [0.29, 0.717) is 39.4 Å². The van der Waals surface area contributed by atoms with Crippen molar-refractivity contribution in [1.29, 1.82) is 0 Å². The summed E-state index contributed by atoms with van der Waals surface area (Å²) in [7, 11) is 0. The van der Waals surface area contributed by atoms with Crippen molar-refractivity contribution in [3.63, 3.8) is 0 Å². The molecule has 0 bridgehead atoms. The normalized spacial score (nSPS) is 14.6. The Hall–Kier alpha value is -3.05. The third-order valence-corrected chi connectivity index (χ3v) is 7.21. The maximum absolute atomic E-state index is 11.5. The van der Waals surface area contributed by atoms with Gasteiger partial charge in [-0.2, -0.15) is 0 Å². The summed E-state index contributed by atoms with van der Waals surface area (Å²) in [5, 5.41) is 13.5. The first-order chi connectivity index (χ1) is 17.3. The highest BCUT2D eigenvalue weighted by Gasteiger charge is 2.20. The van der Waals surface area contributed by atoms with E-state index < -0.39 is 5.97 Å². The Morgan fingerprint density at radius 3 is 2.64 bits per heavy atom. The van der Waals surface area contributed by atoms with Crippen LogP contribution in [0.2, 0.25) is 4.34 Å². The molecule has 5 rings (SSSR count). The molecule has 0 aliphatic carbocycles. The van der Waals surface area contributed by atoms with Crippen LogP contribution in [0.5, 0.6) is 0 Å². The molecule has 0 atom stereocenters. The average molecular weight is 529 g/mol. The van der Waals surface area contributed by atoms with Crippen LogP contribution in [0.4, 0.5) is 0 Å². The SMILES string of the molecule is CC(C)N1CCC(N)CC1.O=C(O)c1cnc(-c2ccccn2)n1Cc1cc(-c2ccc(Cl)s2)on1. The monoisotopic (exact) mass is 528 g/mol. The Balaban J connectivity index is 0.000000256. The molecule has 4 aromatic rings. The van der Waals surface area contributed by atoms with Crippen LogP contribution < -0.4 is 5.73 Å². The van der Waals surface area contributed by atoms with Gasteiger partial charge in [0, 0.05) is 24.3 Å². The Bertz CT molecular complexity index is 1280. The fourth-order valence-corrected chi connectivity index (χ4v) is 4.94. The van der Waals surface area contributed by atoms with E-state index in [4.69, 9.17) is 21.9 Å². The van der Waals surface area contributed by atoms with Gasteiger partial charge in [0.15, 0.2) is 11.6 Å². The third kappa shape index (κ3) is 6.38. The molecule has 1 fully saturated rings. The molecule has 0 aromatic carbocycles. The number of carboxylic acids is 1. The van der Waals surface area contributed by atoms with Crippen molar-refractivity contribution in [2.75, 3.05) is 13.1 Å². The van der Waals surface area contributed by atoms with Crippen LogP contribution in [0.1, 0.15) is 42.9 Å². The van der Waals surface area contributed by atoms with Gasteiger partial charge in [0.1, 0.15) is 17.1 Å². The molecule has 11 heteroatoms. The van der Waals surface area contributed by atoms with Crippen LogP contribution >= 0.6 is 22.9 Å². The van der Waals surface area contributed by atoms with Crippen LogP contribution in [0.25, 0.3) is 22.2 Å². The molecular weight excluding hydrogens is 500 g/mol. The van der Waals surface area contributed by atoms with Gasteiger partial charge in [0.25, 0.3) is 0 Å². The van der Waals surface area contributed by atoms with Crippen molar-refractivity contribution in [2.24, 2.45) is 5.73 Å². The van der Waals surface area contributed by atoms with Gasteiger partial charge in [-0.3, -0.25) is 4.98 Å². The van der Waals surface area contributed by atoms with E-state index in [1.54, 1.807) is 35.0 Å². The van der Waals surface area contributed by atoms with Crippen molar-refractivity contribution in [3.8, 4) is 22.2 Å². The lowest BCUT2D eigenvalue weighted by molar-refractivity contribution is 0.0685. The van der Waals surface area contributed by atoms with Gasteiger partial charge in [-0.15, -0.1) is 11.3 Å². The molecule has 1 saturated heterocycles. The Kier molecular flexibility index (Phi) is 8.52. The number of nitrogens with zero attached hydrogens (tertiary/aromatic N) is 5. The highest BCUT2D eigenvalue weighted by atomic mass is 35.5. The second-order valence-electron chi connectivity index (χ2n) is 8.83. The summed E-state index contributed by atoms with van der Waals surface area (Å²) in [6.45, 7) is 7.07. The summed E-state index contributed by atoms with van der Waals surface area (Å²) in [6.07, 6.45) is 5.30. The number of aromatic nitrogens is 4. The fourth-order valence-electron chi connectivity index (χ4n) is 3.95. The fraction of sp³-hybridized carbons (Fsp3) is 0.360. The van der Waals surface area contributed by atoms with Crippen LogP contribution in [0.3, 0.4) is 0 Å². The first-order valence-electron chi connectivity index (χ1n) is 11.7. The number of nitrogens with two attached hydrogens (primary N) is 1. The zero-order chi connectivity index (χ0) is 25.7. The first kappa shape index (κ1) is 26.0. The maximum Gasteiger partial charge on any atom is 0.354 e. The van der Waals surface area contributed by atoms with Gasteiger partial charge in [0.05, 0.1) is 22.0 Å². The van der Waals surface area contributed by atoms with Crippen molar-refractivity contribution in [1.82, 2.24) is 24.6 Å². The molecule has 3 N–H and O–H groups in total. The van der Waals surface area contributed by atoms with Gasteiger partial charge < -0.3 is 24.8 Å². The van der Waals surface area contributed by atoms with Crippen LogP contribution in [0, 0.1) is 0 Å². The third-order valence-electron chi connectivity index (χ3n) is 5.97. The molecule has 36 heavy (non-hydrogen) atoms. The lowest BCUT2D eigenvalue weighted by Gasteiger charge is -2.32. The smallest absolute Gasteiger partial charge is 0.354 e. The quantitative estimate of drug-likeness (QED) is 0.363. The number of hydrogen-bond donors (Lipinski definition) is 2. The number of thiophene rings is 1. The van der Waals surface area contributed by atoms with Crippen LogP contribution in [-0.4, -0.2) is 60.8 Å². The maximum atomic E-state index is 11.5. The second kappa shape index (κ2) is 11.8. The number of aromatic carboxylic acids is 1. The molecule has 0 radical (unpaired) electrons. The lowest BCUT2D eigenvalue weighted by Crippen LogP contribution is -2.42. The van der Waals surface area contributed by atoms with E-state index in [2.05, 4.69) is 33.9 Å². The van der Waals surface area contributed by atoms with E-state index in [9.17, 15) is 9.90 Å². The zero-order valence-corrected chi connectivity index (χ0v) is 21.7. The minimum Gasteiger partial charge on any atom is -0.477 e. The Labute approximate surface area is 218 Å². The van der Waals surface area contributed by atoms with Crippen molar-refractivity contribution >= 4 is 28.9 Å². The second-order valence-corrected chi connectivity index (χ2v) is 10.5. The van der Waals surface area contributed by atoms with Gasteiger partial charge in [-0.25, -0.2) is 9.78 Å². The number of carbonyl (C=O) groups is 1. The van der Waals surface area contributed by atoms with Gasteiger partial charge >= 0.3 is 5.97 Å². The topological polar surface area (TPSA) is 123 Å². The van der Waals surface area contributed by atoms with Crippen LogP contribution in [0.15, 0.2) is 53.3 Å². The van der Waals surface area contributed by atoms with Crippen molar-refractivity contribution in [2.45, 2.75) is 45.3 Å². The molecule has 1 aliphatic heterocycles. The van der Waals surface area contributed by atoms with E-state index in [-0.39, 0.29) is 12.2 Å². The minimum atomic E-state index is -1.08. The first-order valence-corrected chi connectivity index (χ1v) is 12.9. The summed E-state index contributed by atoms with van der Waals surface area (Å²) < 4.78 is 7.56. The summed E-state index contributed by atoms with van der Waals surface area (Å²) >= 11 is 7.33. The summed E-state index contributed by atoms with van der Waals surface area (Å²) in [5.74, 6) is -0.0477. The molecule has 190 valence electrons. The Morgan fingerprint density at radius 2 is 2.03 bits per heavy atom. The van der Waals surface area contributed by atoms with E-state index in [0.717, 1.165) is 4.88 Å². The summed E-state index contributed by atoms with van der Waals surface area (Å²) in [4.78, 5) is 23.4. The molecule has 4 aromatic heterocycles. The van der Waals surface area contributed by atoms with E-state index in [1.165, 1.54) is 43.5 Å². The number of halogens is 1. The zero-order valence-electron chi connectivity index (χ0n) is 20.2. The highest BCUT2D eigenvalue weighted by molar-refractivity contribution is 7.19. The number of hydrogen-bond acceptors (Lipinski definition) is 8. The molecular formula is C25H29ClN6O3S. The highest BCUT2D eigenvalue weighted by Crippen LogP contribution is 2.31. The number of piperidine rings is 1. The standard InChI is InChI=1S/C17H11ClN4O3S.C8H18N2/c18-15-5-4-14(26-15)13-7-10(21-25-13)9-22-12(17(23)24)8-20-16(22)11-3-1-2-6-19-11;1-7(2)10-5-3-8(9)4-6-10/h1-8H,9H2,(H,23,24);7-8H,3-6,9H2,1-2H3. The van der Waals surface area contributed by atoms with Crippen molar-refractivity contribution in [3.05, 3.63) is 64.5 Å². The largest absolute Gasteiger partial charge is 0.477 e. The van der Waals surface area contributed by atoms with Gasteiger partial charge in [0.2, 0.25) is 0 Å². The predicted octanol–water partition coefficient (Wildman–Crippen LogP) is 4.88. The molecule has 0 spiro atoms. The Morgan fingerprint density at radius 1 is 1.25 bits per heavy atom. The number of carboxylic acid groups (broad SMARTS) is 1.